The Balaban J connectivity index is 2.10. The van der Waals surface area contributed by atoms with E-state index in [1.54, 1.807) is 39.2 Å². The summed E-state index contributed by atoms with van der Waals surface area (Å²) in [5.74, 6) is 0.109. The summed E-state index contributed by atoms with van der Waals surface area (Å²) in [4.78, 5) is 28.9. The molecule has 1 amide bonds. The molecule has 0 spiro atoms. The number of carbonyl (C=O) groups excluding carboxylic acids is 2. The topological polar surface area (TPSA) is 80.8 Å². The molecule has 9 heteroatoms. The number of hydrogen-bond acceptors (Lipinski definition) is 6. The maximum absolute atomic E-state index is 12.0. The number of hydrogen-bond donors (Lipinski definition) is 1. The fourth-order valence-electron chi connectivity index (χ4n) is 2.24. The van der Waals surface area contributed by atoms with Gasteiger partial charge < -0.3 is 19.7 Å². The minimum absolute atomic E-state index is 0.223. The largest absolute Gasteiger partial charge is 0.466 e. The molecule has 1 N–H and O–H groups in total. The van der Waals surface area contributed by atoms with Crippen molar-refractivity contribution in [3.8, 4) is 11.5 Å². The number of amides is 1. The van der Waals surface area contributed by atoms with Gasteiger partial charge in [0.25, 0.3) is 5.91 Å². The Hall–Kier alpha value is -2.51. The Morgan fingerprint density at radius 3 is 2.46 bits per heavy atom. The highest BCUT2D eigenvalue weighted by Crippen LogP contribution is 2.38. The number of halogens is 2. The first kappa shape index (κ1) is 21.8. The normalized spacial score (nSPS) is 10.3. The number of aromatic nitrogens is 1. The molecule has 0 aliphatic rings. The van der Waals surface area contributed by atoms with E-state index in [0.717, 1.165) is 0 Å². The van der Waals surface area contributed by atoms with Crippen molar-refractivity contribution in [1.29, 1.82) is 0 Å². The van der Waals surface area contributed by atoms with Crippen LogP contribution in [0.1, 0.15) is 23.8 Å². The van der Waals surface area contributed by atoms with Crippen molar-refractivity contribution in [3.63, 3.8) is 0 Å². The number of nitrogens with zero attached hydrogens (tertiary/aromatic N) is 2. The maximum atomic E-state index is 12.0. The van der Waals surface area contributed by atoms with E-state index < -0.39 is 0 Å². The van der Waals surface area contributed by atoms with Gasteiger partial charge in [-0.15, -0.1) is 0 Å². The van der Waals surface area contributed by atoms with Crippen LogP contribution in [0.5, 0.6) is 11.5 Å². The van der Waals surface area contributed by atoms with E-state index in [0.29, 0.717) is 24.6 Å². The van der Waals surface area contributed by atoms with E-state index >= 15 is 0 Å². The molecule has 150 valence electrons. The minimum atomic E-state index is -0.284. The van der Waals surface area contributed by atoms with Gasteiger partial charge in [-0.05, 0) is 25.1 Å². The molecular formula is C19H21Cl2N3O4. The van der Waals surface area contributed by atoms with Gasteiger partial charge in [-0.25, -0.2) is 0 Å². The Morgan fingerprint density at radius 1 is 1.18 bits per heavy atom. The Morgan fingerprint density at radius 2 is 1.86 bits per heavy atom. The van der Waals surface area contributed by atoms with Gasteiger partial charge in [-0.2, -0.15) is 0 Å². The monoisotopic (exact) mass is 425 g/mol. The standard InChI is InChI=1S/C19H21Cl2N3O4/c1-4-27-17(25)6-8-22-12-9-14(20)18(15(21)10-12)28-13-5-7-23-16(11-13)19(26)24(2)3/h5,7,9-11,22H,4,6,8H2,1-3H3. The van der Waals surface area contributed by atoms with Gasteiger partial charge in [0.1, 0.15) is 11.4 Å². The number of ether oxygens (including phenoxy) is 2. The lowest BCUT2D eigenvalue weighted by Crippen LogP contribution is -2.22. The number of pyridine rings is 1. The quantitative estimate of drug-likeness (QED) is 0.636. The van der Waals surface area contributed by atoms with Crippen molar-refractivity contribution in [2.45, 2.75) is 13.3 Å². The molecule has 0 saturated carbocycles. The predicted octanol–water partition coefficient (Wildman–Crippen LogP) is 4.25. The third-order valence-corrected chi connectivity index (χ3v) is 4.10. The molecular weight excluding hydrogens is 405 g/mol. The number of rotatable bonds is 8. The highest BCUT2D eigenvalue weighted by molar-refractivity contribution is 6.37. The summed E-state index contributed by atoms with van der Waals surface area (Å²) in [7, 11) is 3.28. The van der Waals surface area contributed by atoms with Crippen molar-refractivity contribution in [2.75, 3.05) is 32.6 Å². The third kappa shape index (κ3) is 6.00. The zero-order valence-corrected chi connectivity index (χ0v) is 17.3. The first-order valence-corrected chi connectivity index (χ1v) is 9.31. The van der Waals surface area contributed by atoms with Gasteiger partial charge >= 0.3 is 5.97 Å². The average Bonchev–Trinajstić information content (AvgIpc) is 2.64. The molecule has 0 atom stereocenters. The molecule has 0 fully saturated rings. The summed E-state index contributed by atoms with van der Waals surface area (Å²) in [5, 5.41) is 3.62. The Bertz CT molecular complexity index is 836. The maximum Gasteiger partial charge on any atom is 0.307 e. The van der Waals surface area contributed by atoms with Crippen molar-refractivity contribution in [2.24, 2.45) is 0 Å². The summed E-state index contributed by atoms with van der Waals surface area (Å²) in [6.45, 7) is 2.48. The molecule has 1 heterocycles. The van der Waals surface area contributed by atoms with Crippen LogP contribution in [-0.2, 0) is 9.53 Å². The summed E-state index contributed by atoms with van der Waals surface area (Å²) in [5.41, 5.74) is 0.886. The smallest absolute Gasteiger partial charge is 0.307 e. The van der Waals surface area contributed by atoms with Crippen LogP contribution in [0.25, 0.3) is 0 Å². The van der Waals surface area contributed by atoms with Crippen LogP contribution in [-0.4, -0.2) is 49.0 Å². The summed E-state index contributed by atoms with van der Waals surface area (Å²) in [6.07, 6.45) is 1.69. The number of nitrogens with one attached hydrogen (secondary N) is 1. The molecule has 0 aliphatic carbocycles. The second-order valence-electron chi connectivity index (χ2n) is 5.93. The molecule has 0 unspecified atom stereocenters. The van der Waals surface area contributed by atoms with Crippen molar-refractivity contribution < 1.29 is 19.1 Å². The van der Waals surface area contributed by atoms with E-state index in [-0.39, 0.29) is 39.8 Å². The Labute approximate surface area is 173 Å². The zero-order chi connectivity index (χ0) is 20.7. The predicted molar refractivity (Wildman–Crippen MR) is 109 cm³/mol. The molecule has 2 rings (SSSR count). The van der Waals surface area contributed by atoms with Crippen molar-refractivity contribution in [1.82, 2.24) is 9.88 Å². The minimum Gasteiger partial charge on any atom is -0.466 e. The van der Waals surface area contributed by atoms with E-state index in [2.05, 4.69) is 10.3 Å². The van der Waals surface area contributed by atoms with Gasteiger partial charge in [0, 0.05) is 38.6 Å². The first-order chi connectivity index (χ1) is 13.3. The van der Waals surface area contributed by atoms with E-state index in [9.17, 15) is 9.59 Å². The molecule has 0 aliphatic heterocycles. The van der Waals surface area contributed by atoms with Crippen LogP contribution in [0.4, 0.5) is 5.69 Å². The van der Waals surface area contributed by atoms with Crippen LogP contribution in [0, 0.1) is 0 Å². The fraction of sp³-hybridized carbons (Fsp3) is 0.316. The molecule has 0 saturated heterocycles. The highest BCUT2D eigenvalue weighted by atomic mass is 35.5. The van der Waals surface area contributed by atoms with E-state index in [1.807, 2.05) is 0 Å². The first-order valence-electron chi connectivity index (χ1n) is 8.56. The number of anilines is 1. The van der Waals surface area contributed by atoms with Crippen LogP contribution < -0.4 is 10.1 Å². The lowest BCUT2D eigenvalue weighted by Gasteiger charge is -2.14. The molecule has 1 aromatic carbocycles. The fourth-order valence-corrected chi connectivity index (χ4v) is 2.80. The van der Waals surface area contributed by atoms with Gasteiger partial charge in [0.15, 0.2) is 5.75 Å². The lowest BCUT2D eigenvalue weighted by atomic mass is 10.2. The van der Waals surface area contributed by atoms with Gasteiger partial charge in [0.2, 0.25) is 0 Å². The molecule has 1 aromatic heterocycles. The lowest BCUT2D eigenvalue weighted by molar-refractivity contribution is -0.142. The van der Waals surface area contributed by atoms with Crippen LogP contribution in [0.2, 0.25) is 10.0 Å². The summed E-state index contributed by atoms with van der Waals surface area (Å²) >= 11 is 12.6. The van der Waals surface area contributed by atoms with Gasteiger partial charge in [-0.3, -0.25) is 14.6 Å². The Kier molecular flexibility index (Phi) is 7.90. The summed E-state index contributed by atoms with van der Waals surface area (Å²) in [6, 6.07) is 6.40. The van der Waals surface area contributed by atoms with Crippen molar-refractivity contribution >= 4 is 40.8 Å². The highest BCUT2D eigenvalue weighted by Gasteiger charge is 2.14. The number of esters is 1. The number of benzene rings is 1. The van der Waals surface area contributed by atoms with Gasteiger partial charge in [0.05, 0.1) is 23.1 Å². The van der Waals surface area contributed by atoms with E-state index in [4.69, 9.17) is 32.7 Å². The molecule has 7 nitrogen and oxygen atoms in total. The number of carbonyl (C=O) groups is 2. The third-order valence-electron chi connectivity index (χ3n) is 3.54. The molecule has 0 radical (unpaired) electrons. The molecule has 2 aromatic rings. The zero-order valence-electron chi connectivity index (χ0n) is 15.8. The average molecular weight is 426 g/mol. The van der Waals surface area contributed by atoms with Crippen LogP contribution in [0.3, 0.4) is 0 Å². The SMILES string of the molecule is CCOC(=O)CCNc1cc(Cl)c(Oc2ccnc(C(=O)N(C)C)c2)c(Cl)c1. The molecule has 28 heavy (non-hydrogen) atoms. The molecule has 0 bridgehead atoms. The summed E-state index contributed by atoms with van der Waals surface area (Å²) < 4.78 is 10.6. The van der Waals surface area contributed by atoms with Crippen LogP contribution in [0.15, 0.2) is 30.5 Å². The van der Waals surface area contributed by atoms with Crippen LogP contribution >= 0.6 is 23.2 Å². The second-order valence-corrected chi connectivity index (χ2v) is 6.74. The van der Waals surface area contributed by atoms with Gasteiger partial charge in [-0.1, -0.05) is 23.2 Å². The van der Waals surface area contributed by atoms with E-state index in [1.165, 1.54) is 17.2 Å². The van der Waals surface area contributed by atoms with Crippen molar-refractivity contribution in [3.05, 3.63) is 46.2 Å². The second kappa shape index (κ2) is 10.1.